The number of hydrogen-bond donors (Lipinski definition) is 1. The Morgan fingerprint density at radius 2 is 2.13 bits per heavy atom. The Morgan fingerprint density at radius 3 is 2.73 bits per heavy atom. The molecule has 0 radical (unpaired) electrons. The maximum absolute atomic E-state index is 5.95. The highest BCUT2D eigenvalue weighted by Gasteiger charge is 2.14. The summed E-state index contributed by atoms with van der Waals surface area (Å²) in [6.07, 6.45) is 3.84. The van der Waals surface area contributed by atoms with Crippen molar-refractivity contribution in [2.75, 3.05) is 6.54 Å². The molecule has 15 heavy (non-hydrogen) atoms. The van der Waals surface area contributed by atoms with E-state index in [1.54, 1.807) is 0 Å². The van der Waals surface area contributed by atoms with Gasteiger partial charge in [-0.05, 0) is 53.0 Å². The van der Waals surface area contributed by atoms with Gasteiger partial charge in [0.1, 0.15) is 0 Å². The van der Waals surface area contributed by atoms with Crippen molar-refractivity contribution in [2.45, 2.75) is 25.3 Å². The molecule has 1 aliphatic heterocycles. The average Bonchev–Trinajstić information content (AvgIpc) is 2.23. The second-order valence-corrected chi connectivity index (χ2v) is 4.94. The first-order chi connectivity index (χ1) is 6.77. The summed E-state index contributed by atoms with van der Waals surface area (Å²) >= 11 is 9.41. The molecular formula is C11H14BrCl2N. The Labute approximate surface area is 110 Å². The maximum atomic E-state index is 5.95. The van der Waals surface area contributed by atoms with Gasteiger partial charge in [0.25, 0.3) is 0 Å². The molecular weight excluding hydrogens is 297 g/mol. The SMILES string of the molecule is Cl.Clc1ccc([C@H]2CCCCN2)cc1Br. The van der Waals surface area contributed by atoms with Crippen LogP contribution < -0.4 is 5.32 Å². The van der Waals surface area contributed by atoms with Gasteiger partial charge in [-0.1, -0.05) is 24.1 Å². The molecule has 1 aromatic rings. The van der Waals surface area contributed by atoms with E-state index in [-0.39, 0.29) is 12.4 Å². The van der Waals surface area contributed by atoms with Gasteiger partial charge in [0, 0.05) is 10.5 Å². The molecule has 0 amide bonds. The summed E-state index contributed by atoms with van der Waals surface area (Å²) in [7, 11) is 0. The van der Waals surface area contributed by atoms with Gasteiger partial charge in [-0.25, -0.2) is 0 Å². The van der Waals surface area contributed by atoms with Crippen LogP contribution >= 0.6 is 39.9 Å². The number of rotatable bonds is 1. The number of benzene rings is 1. The Bertz CT molecular complexity index is 324. The quantitative estimate of drug-likeness (QED) is 0.813. The second-order valence-electron chi connectivity index (χ2n) is 3.68. The molecule has 1 atom stereocenters. The van der Waals surface area contributed by atoms with E-state index >= 15 is 0 Å². The van der Waals surface area contributed by atoms with E-state index < -0.39 is 0 Å². The Morgan fingerprint density at radius 1 is 1.33 bits per heavy atom. The van der Waals surface area contributed by atoms with Crippen molar-refractivity contribution in [1.82, 2.24) is 5.32 Å². The lowest BCUT2D eigenvalue weighted by molar-refractivity contribution is 0.412. The van der Waals surface area contributed by atoms with Gasteiger partial charge in [0.2, 0.25) is 0 Å². The van der Waals surface area contributed by atoms with E-state index in [4.69, 9.17) is 11.6 Å². The smallest absolute Gasteiger partial charge is 0.0548 e. The van der Waals surface area contributed by atoms with Gasteiger partial charge in [-0.2, -0.15) is 0 Å². The third-order valence-electron chi connectivity index (χ3n) is 2.66. The van der Waals surface area contributed by atoms with Crippen molar-refractivity contribution in [3.05, 3.63) is 33.3 Å². The van der Waals surface area contributed by atoms with E-state index in [0.717, 1.165) is 16.0 Å². The molecule has 1 heterocycles. The number of hydrogen-bond acceptors (Lipinski definition) is 1. The molecule has 1 fully saturated rings. The molecule has 0 spiro atoms. The first kappa shape index (κ1) is 13.3. The highest BCUT2D eigenvalue weighted by atomic mass is 79.9. The van der Waals surface area contributed by atoms with Crippen molar-refractivity contribution in [3.8, 4) is 0 Å². The summed E-state index contributed by atoms with van der Waals surface area (Å²) in [6, 6.07) is 6.69. The summed E-state index contributed by atoms with van der Waals surface area (Å²) < 4.78 is 0.990. The van der Waals surface area contributed by atoms with Crippen molar-refractivity contribution in [2.24, 2.45) is 0 Å². The van der Waals surface area contributed by atoms with E-state index in [1.807, 2.05) is 6.07 Å². The van der Waals surface area contributed by atoms with Crippen LogP contribution in [0.5, 0.6) is 0 Å². The van der Waals surface area contributed by atoms with Crippen LogP contribution in [-0.4, -0.2) is 6.54 Å². The first-order valence-corrected chi connectivity index (χ1v) is 6.13. The molecule has 1 N–H and O–H groups in total. The van der Waals surface area contributed by atoms with Crippen LogP contribution in [0.4, 0.5) is 0 Å². The van der Waals surface area contributed by atoms with Crippen LogP contribution in [0.25, 0.3) is 0 Å². The molecule has 0 unspecified atom stereocenters. The fourth-order valence-corrected chi connectivity index (χ4v) is 2.38. The molecule has 1 aromatic carbocycles. The van der Waals surface area contributed by atoms with Crippen molar-refractivity contribution in [3.63, 3.8) is 0 Å². The van der Waals surface area contributed by atoms with E-state index in [1.165, 1.54) is 24.8 Å². The predicted octanol–water partition coefficient (Wildman–Crippen LogP) is 4.34. The standard InChI is InChI=1S/C11H13BrClN.ClH/c12-9-7-8(4-5-10(9)13)11-3-1-2-6-14-11;/h4-5,7,11,14H,1-3,6H2;1H/t11-;/m1./s1. The Balaban J connectivity index is 0.00000112. The molecule has 0 aromatic heterocycles. The molecule has 0 saturated carbocycles. The molecule has 1 nitrogen and oxygen atoms in total. The van der Waals surface area contributed by atoms with Crippen LogP contribution in [-0.2, 0) is 0 Å². The lowest BCUT2D eigenvalue weighted by Gasteiger charge is -2.24. The van der Waals surface area contributed by atoms with Crippen LogP contribution in [0.1, 0.15) is 30.9 Å². The minimum Gasteiger partial charge on any atom is -0.310 e. The minimum absolute atomic E-state index is 0. The summed E-state index contributed by atoms with van der Waals surface area (Å²) in [4.78, 5) is 0. The summed E-state index contributed by atoms with van der Waals surface area (Å²) in [5.41, 5.74) is 1.33. The maximum Gasteiger partial charge on any atom is 0.0548 e. The van der Waals surface area contributed by atoms with Gasteiger partial charge >= 0.3 is 0 Å². The fraction of sp³-hybridized carbons (Fsp3) is 0.455. The van der Waals surface area contributed by atoms with Gasteiger partial charge in [0.05, 0.1) is 5.02 Å². The zero-order valence-corrected chi connectivity index (χ0v) is 11.5. The van der Waals surface area contributed by atoms with Crippen LogP contribution in [0.3, 0.4) is 0 Å². The average molecular weight is 311 g/mol. The van der Waals surface area contributed by atoms with E-state index in [2.05, 4.69) is 33.4 Å². The van der Waals surface area contributed by atoms with Crippen molar-refractivity contribution in [1.29, 1.82) is 0 Å². The highest BCUT2D eigenvalue weighted by molar-refractivity contribution is 9.10. The molecule has 4 heteroatoms. The van der Waals surface area contributed by atoms with E-state index in [9.17, 15) is 0 Å². The summed E-state index contributed by atoms with van der Waals surface area (Å²) in [6.45, 7) is 1.13. The monoisotopic (exact) mass is 309 g/mol. The lowest BCUT2D eigenvalue weighted by Crippen LogP contribution is -2.26. The van der Waals surface area contributed by atoms with E-state index in [0.29, 0.717) is 6.04 Å². The number of nitrogens with one attached hydrogen (secondary N) is 1. The van der Waals surface area contributed by atoms with Gasteiger partial charge in [-0.15, -0.1) is 12.4 Å². The topological polar surface area (TPSA) is 12.0 Å². The Kier molecular flexibility index (Phi) is 5.41. The summed E-state index contributed by atoms with van der Waals surface area (Å²) in [5, 5.41) is 4.30. The van der Waals surface area contributed by atoms with Gasteiger partial charge in [-0.3, -0.25) is 0 Å². The molecule has 1 saturated heterocycles. The number of piperidine rings is 1. The van der Waals surface area contributed by atoms with Crippen molar-refractivity contribution < 1.29 is 0 Å². The highest BCUT2D eigenvalue weighted by Crippen LogP contribution is 2.29. The third-order valence-corrected chi connectivity index (χ3v) is 3.87. The molecule has 0 aliphatic carbocycles. The van der Waals surface area contributed by atoms with Crippen molar-refractivity contribution >= 4 is 39.9 Å². The van der Waals surface area contributed by atoms with Crippen LogP contribution in [0, 0.1) is 0 Å². The first-order valence-electron chi connectivity index (χ1n) is 4.96. The summed E-state index contributed by atoms with van der Waals surface area (Å²) in [5.74, 6) is 0. The molecule has 84 valence electrons. The molecule has 2 rings (SSSR count). The van der Waals surface area contributed by atoms with Crippen LogP contribution in [0.2, 0.25) is 5.02 Å². The van der Waals surface area contributed by atoms with Crippen LogP contribution in [0.15, 0.2) is 22.7 Å². The second kappa shape index (κ2) is 6.09. The number of halogens is 3. The Hall–Kier alpha value is 0.240. The predicted molar refractivity (Wildman–Crippen MR) is 71.0 cm³/mol. The normalized spacial score (nSPS) is 20.8. The van der Waals surface area contributed by atoms with Gasteiger partial charge < -0.3 is 5.32 Å². The third kappa shape index (κ3) is 3.35. The fourth-order valence-electron chi connectivity index (χ4n) is 1.87. The lowest BCUT2D eigenvalue weighted by atomic mass is 9.98. The zero-order valence-electron chi connectivity index (χ0n) is 8.30. The molecule has 0 bridgehead atoms. The molecule has 1 aliphatic rings. The largest absolute Gasteiger partial charge is 0.310 e. The zero-order chi connectivity index (χ0) is 9.97. The van der Waals surface area contributed by atoms with Gasteiger partial charge in [0.15, 0.2) is 0 Å². The minimum atomic E-state index is 0.